The molecule has 0 N–H and O–H groups in total. The molecule has 1 heterocycles. The summed E-state index contributed by atoms with van der Waals surface area (Å²) in [4.78, 5) is 4.23. The van der Waals surface area contributed by atoms with Crippen LogP contribution in [0.25, 0.3) is 5.69 Å². The predicted octanol–water partition coefficient (Wildman–Crippen LogP) is 4.58. The second-order valence-corrected chi connectivity index (χ2v) is 4.51. The van der Waals surface area contributed by atoms with E-state index in [1.807, 2.05) is 24.0 Å². The Balaban J connectivity index is 0.00000162. The van der Waals surface area contributed by atoms with Gasteiger partial charge in [0.05, 0.1) is 24.8 Å². The third kappa shape index (κ3) is 3.60. The summed E-state index contributed by atoms with van der Waals surface area (Å²) in [5.74, 6) is 1.39. The standard InChI is InChI=1S/C14H18N2O.2CH4/c1-10(2)12-5-6-13(14(7-12)17-4)16-8-11(3)15-9-16;;/h5-10H,1-4H3;2*1H4. The topological polar surface area (TPSA) is 27.1 Å². The average molecular weight is 262 g/mol. The molecule has 19 heavy (non-hydrogen) atoms. The molecule has 0 atom stereocenters. The summed E-state index contributed by atoms with van der Waals surface area (Å²) in [6, 6.07) is 6.31. The van der Waals surface area contributed by atoms with Crippen LogP contribution in [0.2, 0.25) is 0 Å². The summed E-state index contributed by atoms with van der Waals surface area (Å²) >= 11 is 0. The maximum Gasteiger partial charge on any atom is 0.143 e. The summed E-state index contributed by atoms with van der Waals surface area (Å²) in [7, 11) is 1.70. The number of hydrogen-bond donors (Lipinski definition) is 0. The van der Waals surface area contributed by atoms with E-state index in [2.05, 4.69) is 37.0 Å². The van der Waals surface area contributed by atoms with E-state index in [1.54, 1.807) is 7.11 Å². The molecule has 0 spiro atoms. The highest BCUT2D eigenvalue weighted by molar-refractivity contribution is 5.49. The molecule has 0 aliphatic carbocycles. The van der Waals surface area contributed by atoms with Crippen molar-refractivity contribution in [1.82, 2.24) is 9.55 Å². The lowest BCUT2D eigenvalue weighted by Crippen LogP contribution is -1.97. The molecule has 0 radical (unpaired) electrons. The molecule has 3 nitrogen and oxygen atoms in total. The normalized spacial score (nSPS) is 9.74. The van der Waals surface area contributed by atoms with Crippen LogP contribution in [0.15, 0.2) is 30.7 Å². The monoisotopic (exact) mass is 262 g/mol. The minimum Gasteiger partial charge on any atom is -0.495 e. The second kappa shape index (κ2) is 6.98. The third-order valence-electron chi connectivity index (χ3n) is 2.86. The van der Waals surface area contributed by atoms with Gasteiger partial charge in [-0.25, -0.2) is 4.98 Å². The number of benzene rings is 1. The first-order chi connectivity index (χ1) is 8.11. The fourth-order valence-electron chi connectivity index (χ4n) is 1.82. The largest absolute Gasteiger partial charge is 0.495 e. The summed E-state index contributed by atoms with van der Waals surface area (Å²) < 4.78 is 7.44. The van der Waals surface area contributed by atoms with Crippen LogP contribution in [0.5, 0.6) is 5.75 Å². The number of aromatic nitrogens is 2. The van der Waals surface area contributed by atoms with E-state index in [4.69, 9.17) is 4.74 Å². The number of imidazole rings is 1. The van der Waals surface area contributed by atoms with E-state index in [-0.39, 0.29) is 14.9 Å². The molecule has 0 saturated carbocycles. The summed E-state index contributed by atoms with van der Waals surface area (Å²) in [6.07, 6.45) is 3.80. The first kappa shape index (κ1) is 17.2. The van der Waals surface area contributed by atoms with Gasteiger partial charge in [0.1, 0.15) is 5.75 Å². The fourth-order valence-corrected chi connectivity index (χ4v) is 1.82. The molecule has 106 valence electrons. The van der Waals surface area contributed by atoms with E-state index in [9.17, 15) is 0 Å². The van der Waals surface area contributed by atoms with Gasteiger partial charge >= 0.3 is 0 Å². The lowest BCUT2D eigenvalue weighted by atomic mass is 10.0. The molecule has 0 aliphatic heterocycles. The number of nitrogens with zero attached hydrogens (tertiary/aromatic N) is 2. The van der Waals surface area contributed by atoms with Crippen molar-refractivity contribution in [2.75, 3.05) is 7.11 Å². The third-order valence-corrected chi connectivity index (χ3v) is 2.86. The number of rotatable bonds is 3. The molecule has 2 rings (SSSR count). The van der Waals surface area contributed by atoms with Crippen LogP contribution in [0, 0.1) is 6.92 Å². The van der Waals surface area contributed by atoms with Crippen molar-refractivity contribution in [3.8, 4) is 11.4 Å². The van der Waals surface area contributed by atoms with Crippen molar-refractivity contribution in [3.63, 3.8) is 0 Å². The maximum absolute atomic E-state index is 5.45. The highest BCUT2D eigenvalue weighted by atomic mass is 16.5. The van der Waals surface area contributed by atoms with Gasteiger partial charge in [0.2, 0.25) is 0 Å². The number of ether oxygens (including phenoxy) is 1. The van der Waals surface area contributed by atoms with Gasteiger partial charge in [-0.1, -0.05) is 34.8 Å². The van der Waals surface area contributed by atoms with Crippen LogP contribution in [0.3, 0.4) is 0 Å². The number of aryl methyl sites for hydroxylation is 1. The summed E-state index contributed by atoms with van der Waals surface area (Å²) in [5, 5.41) is 0. The van der Waals surface area contributed by atoms with Gasteiger partial charge in [-0.05, 0) is 30.5 Å². The Morgan fingerprint density at radius 2 is 1.89 bits per heavy atom. The molecule has 0 amide bonds. The number of hydrogen-bond acceptors (Lipinski definition) is 2. The van der Waals surface area contributed by atoms with Crippen molar-refractivity contribution >= 4 is 0 Å². The maximum atomic E-state index is 5.45. The Bertz CT molecular complexity index is 515. The minimum absolute atomic E-state index is 0. The first-order valence-electron chi connectivity index (χ1n) is 5.80. The zero-order valence-electron chi connectivity index (χ0n) is 10.8. The average Bonchev–Trinajstić information content (AvgIpc) is 2.74. The van der Waals surface area contributed by atoms with Gasteiger partial charge in [0.15, 0.2) is 0 Å². The summed E-state index contributed by atoms with van der Waals surface area (Å²) in [5.41, 5.74) is 3.31. The molecule has 3 heteroatoms. The van der Waals surface area contributed by atoms with Gasteiger partial charge in [-0.2, -0.15) is 0 Å². The molecule has 1 aromatic heterocycles. The Hall–Kier alpha value is -1.77. The smallest absolute Gasteiger partial charge is 0.143 e. The number of methoxy groups -OCH3 is 1. The first-order valence-corrected chi connectivity index (χ1v) is 5.80. The molecule has 1 aromatic carbocycles. The van der Waals surface area contributed by atoms with Gasteiger partial charge in [-0.3, -0.25) is 0 Å². The van der Waals surface area contributed by atoms with Crippen molar-refractivity contribution < 1.29 is 4.74 Å². The predicted molar refractivity (Wildman–Crippen MR) is 82.4 cm³/mol. The van der Waals surface area contributed by atoms with Gasteiger partial charge in [0, 0.05) is 6.20 Å². The van der Waals surface area contributed by atoms with Crippen LogP contribution < -0.4 is 4.74 Å². The molecule has 0 fully saturated rings. The van der Waals surface area contributed by atoms with Crippen LogP contribution in [0.1, 0.15) is 45.9 Å². The fraction of sp³-hybridized carbons (Fsp3) is 0.438. The molecule has 0 bridgehead atoms. The van der Waals surface area contributed by atoms with E-state index in [0.717, 1.165) is 17.1 Å². The SMILES string of the molecule is C.C.COc1cc(C(C)C)ccc1-n1cnc(C)c1. The quantitative estimate of drug-likeness (QED) is 0.809. The van der Waals surface area contributed by atoms with Crippen molar-refractivity contribution in [3.05, 3.63) is 42.0 Å². The van der Waals surface area contributed by atoms with Gasteiger partial charge in [-0.15, -0.1) is 0 Å². The molecule has 0 saturated heterocycles. The van der Waals surface area contributed by atoms with Crippen molar-refractivity contribution in [2.24, 2.45) is 0 Å². The van der Waals surface area contributed by atoms with E-state index < -0.39 is 0 Å². The zero-order chi connectivity index (χ0) is 12.4. The second-order valence-electron chi connectivity index (χ2n) is 4.51. The van der Waals surface area contributed by atoms with Crippen LogP contribution in [-0.4, -0.2) is 16.7 Å². The molecule has 0 unspecified atom stereocenters. The lowest BCUT2D eigenvalue weighted by molar-refractivity contribution is 0.412. The van der Waals surface area contributed by atoms with Gasteiger partial charge < -0.3 is 9.30 Å². The molecular weight excluding hydrogens is 236 g/mol. The van der Waals surface area contributed by atoms with E-state index in [0.29, 0.717) is 5.92 Å². The van der Waals surface area contributed by atoms with E-state index in [1.165, 1.54) is 5.56 Å². The Morgan fingerprint density at radius 3 is 2.37 bits per heavy atom. The lowest BCUT2D eigenvalue weighted by Gasteiger charge is -2.12. The molecule has 2 aromatic rings. The van der Waals surface area contributed by atoms with Gasteiger partial charge in [0.25, 0.3) is 0 Å². The van der Waals surface area contributed by atoms with Crippen LogP contribution >= 0.6 is 0 Å². The van der Waals surface area contributed by atoms with Crippen molar-refractivity contribution in [1.29, 1.82) is 0 Å². The highest BCUT2D eigenvalue weighted by Crippen LogP contribution is 2.27. The Morgan fingerprint density at radius 1 is 1.21 bits per heavy atom. The highest BCUT2D eigenvalue weighted by Gasteiger charge is 2.08. The Labute approximate surface area is 117 Å². The van der Waals surface area contributed by atoms with Crippen LogP contribution in [0.4, 0.5) is 0 Å². The van der Waals surface area contributed by atoms with Crippen molar-refractivity contribution in [2.45, 2.75) is 41.5 Å². The van der Waals surface area contributed by atoms with E-state index >= 15 is 0 Å². The zero-order valence-corrected chi connectivity index (χ0v) is 10.8. The van der Waals surface area contributed by atoms with Crippen LogP contribution in [-0.2, 0) is 0 Å². The molecular formula is C16H26N2O. The Kier molecular flexibility index (Phi) is 6.33. The minimum atomic E-state index is 0. The summed E-state index contributed by atoms with van der Waals surface area (Å²) in [6.45, 7) is 6.33. The molecule has 0 aliphatic rings.